The molecule has 1 atom stereocenters. The maximum absolute atomic E-state index is 12.9. The number of ether oxygens (including phenoxy) is 1. The summed E-state index contributed by atoms with van der Waals surface area (Å²) in [5.74, 6) is 1.34. The number of aromatic nitrogens is 2. The van der Waals surface area contributed by atoms with Crippen molar-refractivity contribution in [2.24, 2.45) is 0 Å². The largest absolute Gasteiger partial charge is 0.497 e. The zero-order valence-electron chi connectivity index (χ0n) is 16.0. The predicted octanol–water partition coefficient (Wildman–Crippen LogP) is 2.27. The number of imidazole rings is 1. The third-order valence-electron chi connectivity index (χ3n) is 4.74. The van der Waals surface area contributed by atoms with Gasteiger partial charge < -0.3 is 19.9 Å². The van der Waals surface area contributed by atoms with Gasteiger partial charge in [0, 0.05) is 25.5 Å². The lowest BCUT2D eigenvalue weighted by atomic mass is 10.1. The molecule has 0 bridgehead atoms. The van der Waals surface area contributed by atoms with Crippen LogP contribution in [0.5, 0.6) is 5.75 Å². The van der Waals surface area contributed by atoms with Crippen LogP contribution >= 0.6 is 0 Å². The van der Waals surface area contributed by atoms with Gasteiger partial charge in [0.2, 0.25) is 11.8 Å². The number of nitrogens with zero attached hydrogens (tertiary/aromatic N) is 2. The molecule has 1 aromatic heterocycles. The molecule has 0 unspecified atom stereocenters. The van der Waals surface area contributed by atoms with Crippen molar-refractivity contribution in [3.63, 3.8) is 0 Å². The van der Waals surface area contributed by atoms with Crippen LogP contribution in [0.3, 0.4) is 0 Å². The third-order valence-corrected chi connectivity index (χ3v) is 4.74. The van der Waals surface area contributed by atoms with Crippen LogP contribution in [0.15, 0.2) is 24.3 Å². The summed E-state index contributed by atoms with van der Waals surface area (Å²) >= 11 is 0. The monoisotopic (exact) mass is 370 g/mol. The van der Waals surface area contributed by atoms with Crippen LogP contribution in [0.4, 0.5) is 0 Å². The maximum Gasteiger partial charge on any atom is 0.245 e. The quantitative estimate of drug-likeness (QED) is 0.817. The highest BCUT2D eigenvalue weighted by Gasteiger charge is 2.29. The Hall–Kier alpha value is -2.83. The first-order chi connectivity index (χ1) is 13.0. The fraction of sp³-hybridized carbons (Fsp3) is 0.450. The SMILES string of the molecule is CCC[C@@H](NC(C)=O)C(=O)N1CCc2nc(-c3cccc(OC)c3)[nH]c2C1. The summed E-state index contributed by atoms with van der Waals surface area (Å²) in [6.45, 7) is 4.53. The summed E-state index contributed by atoms with van der Waals surface area (Å²) in [6.07, 6.45) is 2.17. The highest BCUT2D eigenvalue weighted by atomic mass is 16.5. The molecule has 0 saturated heterocycles. The summed E-state index contributed by atoms with van der Waals surface area (Å²) in [4.78, 5) is 34.1. The van der Waals surface area contributed by atoms with Crippen LogP contribution in [0.25, 0.3) is 11.4 Å². The normalized spacial score (nSPS) is 14.4. The number of hydrogen-bond acceptors (Lipinski definition) is 4. The molecule has 0 aliphatic carbocycles. The summed E-state index contributed by atoms with van der Waals surface area (Å²) < 4.78 is 5.28. The zero-order chi connectivity index (χ0) is 19.4. The van der Waals surface area contributed by atoms with Crippen molar-refractivity contribution in [3.05, 3.63) is 35.7 Å². The Labute approximate surface area is 159 Å². The van der Waals surface area contributed by atoms with E-state index in [0.29, 0.717) is 25.9 Å². The molecule has 2 aromatic rings. The molecule has 144 valence electrons. The first-order valence-corrected chi connectivity index (χ1v) is 9.30. The summed E-state index contributed by atoms with van der Waals surface area (Å²) in [7, 11) is 1.64. The molecule has 0 saturated carbocycles. The van der Waals surface area contributed by atoms with Crippen LogP contribution in [0.2, 0.25) is 0 Å². The number of carbonyl (C=O) groups is 2. The van der Waals surface area contributed by atoms with E-state index >= 15 is 0 Å². The molecule has 2 N–H and O–H groups in total. The van der Waals surface area contributed by atoms with E-state index in [1.165, 1.54) is 6.92 Å². The molecule has 3 rings (SSSR count). The van der Waals surface area contributed by atoms with E-state index < -0.39 is 6.04 Å². The van der Waals surface area contributed by atoms with Crippen molar-refractivity contribution in [2.75, 3.05) is 13.7 Å². The lowest BCUT2D eigenvalue weighted by Gasteiger charge is -2.30. The lowest BCUT2D eigenvalue weighted by Crippen LogP contribution is -2.49. The van der Waals surface area contributed by atoms with Crippen molar-refractivity contribution < 1.29 is 14.3 Å². The van der Waals surface area contributed by atoms with Gasteiger partial charge in [-0.15, -0.1) is 0 Å². The average molecular weight is 370 g/mol. The van der Waals surface area contributed by atoms with E-state index in [4.69, 9.17) is 9.72 Å². The molecule has 2 amide bonds. The second kappa shape index (κ2) is 8.24. The minimum absolute atomic E-state index is 0.0322. The number of nitrogens with one attached hydrogen (secondary N) is 2. The van der Waals surface area contributed by atoms with E-state index in [2.05, 4.69) is 10.3 Å². The number of hydrogen-bond donors (Lipinski definition) is 2. The minimum atomic E-state index is -0.463. The Bertz CT molecular complexity index is 830. The number of H-pyrrole nitrogens is 1. The molecule has 1 aliphatic heterocycles. The zero-order valence-corrected chi connectivity index (χ0v) is 16.0. The van der Waals surface area contributed by atoms with Crippen molar-refractivity contribution in [1.29, 1.82) is 0 Å². The highest BCUT2D eigenvalue weighted by molar-refractivity contribution is 5.87. The van der Waals surface area contributed by atoms with Gasteiger partial charge in [-0.05, 0) is 18.6 Å². The average Bonchev–Trinajstić information content (AvgIpc) is 3.10. The molecule has 0 radical (unpaired) electrons. The number of aromatic amines is 1. The Morgan fingerprint density at radius 3 is 2.93 bits per heavy atom. The van der Waals surface area contributed by atoms with Crippen LogP contribution in [0, 0.1) is 0 Å². The number of rotatable bonds is 6. The lowest BCUT2D eigenvalue weighted by molar-refractivity contribution is -0.137. The number of carbonyl (C=O) groups excluding carboxylic acids is 2. The number of amides is 2. The first kappa shape index (κ1) is 18.9. The van der Waals surface area contributed by atoms with Gasteiger partial charge in [-0.25, -0.2) is 4.98 Å². The fourth-order valence-corrected chi connectivity index (χ4v) is 3.40. The minimum Gasteiger partial charge on any atom is -0.497 e. The van der Waals surface area contributed by atoms with E-state index in [9.17, 15) is 9.59 Å². The van der Waals surface area contributed by atoms with Gasteiger partial charge in [0.1, 0.15) is 17.6 Å². The second-order valence-corrected chi connectivity index (χ2v) is 6.79. The van der Waals surface area contributed by atoms with Gasteiger partial charge in [-0.1, -0.05) is 25.5 Å². The molecule has 0 fully saturated rings. The molecule has 7 heteroatoms. The van der Waals surface area contributed by atoms with E-state index in [-0.39, 0.29) is 11.8 Å². The Morgan fingerprint density at radius 2 is 2.22 bits per heavy atom. The predicted molar refractivity (Wildman–Crippen MR) is 102 cm³/mol. The molecule has 1 aromatic carbocycles. The van der Waals surface area contributed by atoms with E-state index in [1.807, 2.05) is 31.2 Å². The number of benzene rings is 1. The maximum atomic E-state index is 12.9. The first-order valence-electron chi connectivity index (χ1n) is 9.30. The fourth-order valence-electron chi connectivity index (χ4n) is 3.40. The molecular formula is C20H26N4O3. The topological polar surface area (TPSA) is 87.3 Å². The van der Waals surface area contributed by atoms with Gasteiger partial charge >= 0.3 is 0 Å². The van der Waals surface area contributed by atoms with Crippen molar-refractivity contribution in [1.82, 2.24) is 20.2 Å². The summed E-state index contributed by atoms with van der Waals surface area (Å²) in [6, 6.07) is 7.26. The van der Waals surface area contributed by atoms with Crippen molar-refractivity contribution in [3.8, 4) is 17.1 Å². The Kier molecular flexibility index (Phi) is 5.78. The van der Waals surface area contributed by atoms with Crippen molar-refractivity contribution >= 4 is 11.8 Å². The highest BCUT2D eigenvalue weighted by Crippen LogP contribution is 2.25. The molecule has 2 heterocycles. The molecular weight excluding hydrogens is 344 g/mol. The van der Waals surface area contributed by atoms with Gasteiger partial charge in [0.05, 0.1) is 25.0 Å². The summed E-state index contributed by atoms with van der Waals surface area (Å²) in [5, 5.41) is 2.78. The van der Waals surface area contributed by atoms with Gasteiger partial charge in [-0.2, -0.15) is 0 Å². The standard InChI is InChI=1S/C20H26N4O3/c1-4-6-17(21-13(2)25)20(26)24-10-9-16-18(12-24)23-19(22-16)14-7-5-8-15(11-14)27-3/h5,7-8,11,17H,4,6,9-10,12H2,1-3H3,(H,21,25)(H,22,23)/t17-/m1/s1. The van der Waals surface area contributed by atoms with Crippen LogP contribution < -0.4 is 10.1 Å². The van der Waals surface area contributed by atoms with Crippen LogP contribution in [0.1, 0.15) is 38.1 Å². The molecule has 7 nitrogen and oxygen atoms in total. The second-order valence-electron chi connectivity index (χ2n) is 6.79. The van der Waals surface area contributed by atoms with E-state index in [1.54, 1.807) is 12.0 Å². The summed E-state index contributed by atoms with van der Waals surface area (Å²) in [5.41, 5.74) is 2.89. The third kappa shape index (κ3) is 4.30. The van der Waals surface area contributed by atoms with Gasteiger partial charge in [0.15, 0.2) is 0 Å². The van der Waals surface area contributed by atoms with E-state index in [0.717, 1.165) is 34.9 Å². The van der Waals surface area contributed by atoms with Gasteiger partial charge in [-0.3, -0.25) is 9.59 Å². The Balaban J connectivity index is 1.77. The van der Waals surface area contributed by atoms with Crippen molar-refractivity contribution in [2.45, 2.75) is 45.7 Å². The number of fused-ring (bicyclic) bond motifs is 1. The molecule has 27 heavy (non-hydrogen) atoms. The number of methoxy groups -OCH3 is 1. The van der Waals surface area contributed by atoms with Crippen LogP contribution in [-0.2, 0) is 22.6 Å². The van der Waals surface area contributed by atoms with Crippen LogP contribution in [-0.4, -0.2) is 46.4 Å². The smallest absolute Gasteiger partial charge is 0.245 e. The molecule has 1 aliphatic rings. The van der Waals surface area contributed by atoms with Gasteiger partial charge in [0.25, 0.3) is 0 Å². The Morgan fingerprint density at radius 1 is 1.41 bits per heavy atom. The molecule has 0 spiro atoms.